The maximum Gasteiger partial charge on any atom is 0.110 e. The van der Waals surface area contributed by atoms with Crippen molar-refractivity contribution in [1.29, 1.82) is 0 Å². The van der Waals surface area contributed by atoms with Gasteiger partial charge in [-0.05, 0) is 40.3 Å². The van der Waals surface area contributed by atoms with Crippen LogP contribution in [0, 0.1) is 0 Å². The first-order valence-corrected chi connectivity index (χ1v) is 9.34. The zero-order chi connectivity index (χ0) is 15.2. The Balaban J connectivity index is 1.65. The summed E-state index contributed by atoms with van der Waals surface area (Å²) >= 11 is 3.49. The second-order valence-electron chi connectivity index (χ2n) is 5.48. The lowest BCUT2D eigenvalue weighted by Crippen LogP contribution is -2.27. The first-order chi connectivity index (χ1) is 10.8. The van der Waals surface area contributed by atoms with Crippen molar-refractivity contribution < 1.29 is 0 Å². The highest BCUT2D eigenvalue weighted by molar-refractivity contribution is 7.09. The average Bonchev–Trinajstić information content (AvgIpc) is 3.25. The normalized spacial score (nSPS) is 13.9. The number of nitrogens with one attached hydrogen (secondary N) is 1. The molecule has 0 bridgehead atoms. The van der Waals surface area contributed by atoms with Gasteiger partial charge in [0.05, 0.1) is 6.04 Å². The molecule has 0 aliphatic rings. The van der Waals surface area contributed by atoms with E-state index in [9.17, 15) is 0 Å². The summed E-state index contributed by atoms with van der Waals surface area (Å²) in [4.78, 5) is 4.51. The van der Waals surface area contributed by atoms with Gasteiger partial charge in [-0.25, -0.2) is 4.98 Å². The first kappa shape index (κ1) is 15.4. The van der Waals surface area contributed by atoms with Gasteiger partial charge in [0.25, 0.3) is 0 Å². The van der Waals surface area contributed by atoms with Crippen LogP contribution in [-0.4, -0.2) is 11.5 Å². The van der Waals surface area contributed by atoms with Crippen LogP contribution in [0.3, 0.4) is 0 Å². The van der Waals surface area contributed by atoms with Crippen molar-refractivity contribution in [1.82, 2.24) is 10.3 Å². The van der Waals surface area contributed by atoms with Gasteiger partial charge < -0.3 is 5.32 Å². The van der Waals surface area contributed by atoms with Gasteiger partial charge in [-0.1, -0.05) is 37.3 Å². The Hall–Kier alpha value is -1.49. The summed E-state index contributed by atoms with van der Waals surface area (Å²) in [7, 11) is 0. The van der Waals surface area contributed by atoms with Crippen molar-refractivity contribution in [2.24, 2.45) is 0 Å². The highest BCUT2D eigenvalue weighted by Gasteiger charge is 2.16. The minimum atomic E-state index is 0.292. The summed E-state index contributed by atoms with van der Waals surface area (Å²) in [5, 5.41) is 11.3. The maximum atomic E-state index is 4.51. The molecule has 0 fully saturated rings. The monoisotopic (exact) mass is 328 g/mol. The van der Waals surface area contributed by atoms with Gasteiger partial charge in [0, 0.05) is 18.1 Å². The minimum absolute atomic E-state index is 0.292. The van der Waals surface area contributed by atoms with Gasteiger partial charge >= 0.3 is 0 Å². The van der Waals surface area contributed by atoms with Gasteiger partial charge in [0.2, 0.25) is 0 Å². The molecule has 1 N–H and O–H groups in total. The van der Waals surface area contributed by atoms with E-state index in [1.165, 1.54) is 16.1 Å². The molecule has 0 unspecified atom stereocenters. The summed E-state index contributed by atoms with van der Waals surface area (Å²) in [6.45, 7) is 3.23. The third kappa shape index (κ3) is 4.03. The van der Waals surface area contributed by atoms with E-state index in [1.807, 2.05) is 6.20 Å². The Kier molecular flexibility index (Phi) is 5.38. The van der Waals surface area contributed by atoms with Crippen LogP contribution in [0.4, 0.5) is 0 Å². The highest BCUT2D eigenvalue weighted by Crippen LogP contribution is 2.23. The lowest BCUT2D eigenvalue weighted by atomic mass is 10.0. The van der Waals surface area contributed by atoms with Crippen LogP contribution in [-0.2, 0) is 6.42 Å². The fraction of sp³-hybridized carbons (Fsp3) is 0.278. The molecule has 0 aliphatic carbocycles. The number of nitrogens with zero attached hydrogens (tertiary/aromatic N) is 1. The molecular weight excluding hydrogens is 308 g/mol. The van der Waals surface area contributed by atoms with E-state index in [1.54, 1.807) is 22.7 Å². The van der Waals surface area contributed by atoms with Crippen LogP contribution < -0.4 is 5.32 Å². The number of thiazole rings is 1. The maximum absolute atomic E-state index is 4.51. The third-order valence-electron chi connectivity index (χ3n) is 3.81. The lowest BCUT2D eigenvalue weighted by Gasteiger charge is -2.19. The zero-order valence-electron chi connectivity index (χ0n) is 12.6. The Morgan fingerprint density at radius 2 is 2.00 bits per heavy atom. The van der Waals surface area contributed by atoms with Crippen molar-refractivity contribution in [3.63, 3.8) is 0 Å². The third-order valence-corrected chi connectivity index (χ3v) is 5.43. The predicted octanol–water partition coefficient (Wildman–Crippen LogP) is 4.88. The van der Waals surface area contributed by atoms with Gasteiger partial charge in [-0.15, -0.1) is 11.3 Å². The molecule has 3 rings (SSSR count). The molecule has 2 nitrogen and oxygen atoms in total. The number of rotatable bonds is 7. The van der Waals surface area contributed by atoms with Crippen molar-refractivity contribution >= 4 is 22.7 Å². The summed E-state index contributed by atoms with van der Waals surface area (Å²) in [5.74, 6) is 0.492. The Morgan fingerprint density at radius 1 is 1.14 bits per heavy atom. The van der Waals surface area contributed by atoms with E-state index in [0.717, 1.165) is 13.0 Å². The second-order valence-corrected chi connectivity index (χ2v) is 7.18. The molecule has 4 heteroatoms. The molecule has 0 saturated carbocycles. The van der Waals surface area contributed by atoms with E-state index in [2.05, 4.69) is 69.8 Å². The number of benzene rings is 1. The molecule has 1 aromatic carbocycles. The molecule has 0 saturated heterocycles. The lowest BCUT2D eigenvalue weighted by molar-refractivity contribution is 0.502. The molecule has 0 aliphatic heterocycles. The molecule has 2 heterocycles. The van der Waals surface area contributed by atoms with Crippen LogP contribution in [0.5, 0.6) is 0 Å². The quantitative estimate of drug-likeness (QED) is 0.668. The van der Waals surface area contributed by atoms with Crippen molar-refractivity contribution in [3.05, 3.63) is 74.9 Å². The smallest absolute Gasteiger partial charge is 0.110 e. The summed E-state index contributed by atoms with van der Waals surface area (Å²) in [6, 6.07) is 13.2. The first-order valence-electron chi connectivity index (χ1n) is 7.51. The fourth-order valence-corrected chi connectivity index (χ4v) is 3.91. The SMILES string of the molecule is C[C@@H](CN[C@H](Cc1ccsc1)c1nccs1)c1ccccc1. The van der Waals surface area contributed by atoms with Crippen molar-refractivity contribution in [2.45, 2.75) is 25.3 Å². The molecule has 22 heavy (non-hydrogen) atoms. The largest absolute Gasteiger partial charge is 0.307 e. The second kappa shape index (κ2) is 7.68. The van der Waals surface area contributed by atoms with Crippen molar-refractivity contribution in [3.8, 4) is 0 Å². The van der Waals surface area contributed by atoms with Crippen LogP contribution in [0.15, 0.2) is 58.7 Å². The molecule has 0 spiro atoms. The van der Waals surface area contributed by atoms with Crippen LogP contribution in [0.1, 0.15) is 35.0 Å². The van der Waals surface area contributed by atoms with E-state index < -0.39 is 0 Å². The number of thiophene rings is 1. The Morgan fingerprint density at radius 3 is 2.68 bits per heavy atom. The summed E-state index contributed by atoms with van der Waals surface area (Å²) in [5.41, 5.74) is 2.76. The van der Waals surface area contributed by atoms with Crippen LogP contribution in [0.2, 0.25) is 0 Å². The molecule has 0 radical (unpaired) electrons. The molecule has 2 aromatic heterocycles. The fourth-order valence-electron chi connectivity index (χ4n) is 2.52. The number of aromatic nitrogens is 1. The van der Waals surface area contributed by atoms with E-state index in [4.69, 9.17) is 0 Å². The van der Waals surface area contributed by atoms with E-state index in [-0.39, 0.29) is 0 Å². The van der Waals surface area contributed by atoms with E-state index >= 15 is 0 Å². The minimum Gasteiger partial charge on any atom is -0.307 e. The number of hydrogen-bond donors (Lipinski definition) is 1. The van der Waals surface area contributed by atoms with E-state index in [0.29, 0.717) is 12.0 Å². The van der Waals surface area contributed by atoms with Crippen molar-refractivity contribution in [2.75, 3.05) is 6.54 Å². The summed E-state index contributed by atoms with van der Waals surface area (Å²) < 4.78 is 0. The topological polar surface area (TPSA) is 24.9 Å². The van der Waals surface area contributed by atoms with Crippen LogP contribution >= 0.6 is 22.7 Å². The van der Waals surface area contributed by atoms with Gasteiger partial charge in [-0.3, -0.25) is 0 Å². The molecule has 3 aromatic rings. The zero-order valence-corrected chi connectivity index (χ0v) is 14.2. The van der Waals surface area contributed by atoms with Gasteiger partial charge in [-0.2, -0.15) is 11.3 Å². The molecule has 114 valence electrons. The Bertz CT molecular complexity index is 648. The summed E-state index contributed by atoms with van der Waals surface area (Å²) in [6.07, 6.45) is 2.89. The van der Waals surface area contributed by atoms with Gasteiger partial charge in [0.15, 0.2) is 0 Å². The van der Waals surface area contributed by atoms with Crippen LogP contribution in [0.25, 0.3) is 0 Å². The van der Waals surface area contributed by atoms with Gasteiger partial charge in [0.1, 0.15) is 5.01 Å². The standard InChI is InChI=1S/C18H20N2S2/c1-14(16-5-3-2-4-6-16)12-20-17(18-19-8-10-22-18)11-15-7-9-21-13-15/h2-10,13-14,17,20H,11-12H2,1H3/t14-,17+/m0/s1. The highest BCUT2D eigenvalue weighted by atomic mass is 32.1. The average molecular weight is 329 g/mol. The predicted molar refractivity (Wildman–Crippen MR) is 95.7 cm³/mol. The Labute approximate surface area is 139 Å². The number of hydrogen-bond acceptors (Lipinski definition) is 4. The molecule has 0 amide bonds. The molecule has 2 atom stereocenters. The molecular formula is C18H20N2S2.